The van der Waals surface area contributed by atoms with Gasteiger partial charge in [0.2, 0.25) is 0 Å². The number of aryl methyl sites for hydroxylation is 2. The summed E-state index contributed by atoms with van der Waals surface area (Å²) in [5.41, 5.74) is 5.82. The van der Waals surface area contributed by atoms with Gasteiger partial charge in [-0.15, -0.1) is 0 Å². The predicted molar refractivity (Wildman–Crippen MR) is 107 cm³/mol. The number of hydrogen-bond acceptors (Lipinski definition) is 4. The van der Waals surface area contributed by atoms with Crippen molar-refractivity contribution in [3.8, 4) is 0 Å². The summed E-state index contributed by atoms with van der Waals surface area (Å²) in [5.74, 6) is 0. The van der Waals surface area contributed by atoms with Crippen LogP contribution in [0.4, 0.5) is 10.5 Å². The first kappa shape index (κ1) is 22.7. The molecule has 1 N–H and O–H groups in total. The van der Waals surface area contributed by atoms with Crippen LogP contribution in [0, 0.1) is 0 Å². The minimum atomic E-state index is -3.77. The molecular weight excluding hydrogens is 401 g/mol. The summed E-state index contributed by atoms with van der Waals surface area (Å²) in [6.45, 7) is 5.10. The van der Waals surface area contributed by atoms with E-state index in [0.29, 0.717) is 19.1 Å². The van der Waals surface area contributed by atoms with Crippen molar-refractivity contribution < 1.29 is 64.6 Å². The topological polar surface area (TPSA) is 80.6 Å². The Morgan fingerprint density at radius 1 is 1.18 bits per heavy atom. The molecule has 2 amide bonds. The maximum absolute atomic E-state index is 12.5. The molecule has 0 bridgehead atoms. The van der Waals surface area contributed by atoms with Crippen molar-refractivity contribution in [2.75, 3.05) is 18.4 Å². The summed E-state index contributed by atoms with van der Waals surface area (Å²) in [6, 6.07) is 1.90. The molecule has 0 radical (unpaired) electrons. The zero-order valence-electron chi connectivity index (χ0n) is 17.1. The second-order valence-electron chi connectivity index (χ2n) is 8.10. The number of urea groups is 1. The maximum atomic E-state index is 12.5. The van der Waals surface area contributed by atoms with Gasteiger partial charge in [0.25, 0.3) is 0 Å². The van der Waals surface area contributed by atoms with Crippen LogP contribution in [0.5, 0.6) is 0 Å². The minimum absolute atomic E-state index is 0. The molecule has 6 nitrogen and oxygen atoms in total. The largest absolute Gasteiger partial charge is 1.00 e. The number of likely N-dealkylation sites (tertiary alicyclic amines) is 1. The van der Waals surface area contributed by atoms with E-state index in [4.69, 9.17) is 0 Å². The first-order valence-corrected chi connectivity index (χ1v) is 11.6. The fourth-order valence-electron chi connectivity index (χ4n) is 4.56. The van der Waals surface area contributed by atoms with Gasteiger partial charge in [0, 0.05) is 19.1 Å². The average Bonchev–Trinajstić information content (AvgIpc) is 3.20. The Balaban J connectivity index is 0.00000225. The average molecular weight is 430 g/mol. The number of nitrogens with zero attached hydrogens (tertiary/aromatic N) is 2. The van der Waals surface area contributed by atoms with Crippen LogP contribution in [0.25, 0.3) is 4.72 Å². The Bertz CT molecular complexity index is 834. The molecule has 3 aliphatic rings. The van der Waals surface area contributed by atoms with Crippen molar-refractivity contribution in [2.45, 2.75) is 70.1 Å². The molecule has 0 spiro atoms. The summed E-state index contributed by atoms with van der Waals surface area (Å²) >= 11 is 0. The van der Waals surface area contributed by atoms with Gasteiger partial charge in [0.1, 0.15) is 0 Å². The molecule has 1 aromatic carbocycles. The third-order valence-electron chi connectivity index (χ3n) is 6.43. The molecule has 2 aliphatic carbocycles. The van der Waals surface area contributed by atoms with Crippen LogP contribution in [-0.2, 0) is 35.7 Å². The third-order valence-corrected chi connectivity index (χ3v) is 7.99. The number of carbonyl (C=O) groups excluding carboxylic acids is 1. The number of benzene rings is 1. The molecule has 28 heavy (non-hydrogen) atoms. The van der Waals surface area contributed by atoms with E-state index < -0.39 is 21.3 Å². The molecule has 4 rings (SSSR count). The fourth-order valence-corrected chi connectivity index (χ4v) is 5.75. The van der Waals surface area contributed by atoms with Crippen LogP contribution in [0.1, 0.15) is 55.4 Å². The third kappa shape index (κ3) is 4.38. The van der Waals surface area contributed by atoms with Crippen molar-refractivity contribution in [3.63, 3.8) is 0 Å². The van der Waals surface area contributed by atoms with Gasteiger partial charge >= 0.3 is 51.4 Å². The van der Waals surface area contributed by atoms with E-state index in [2.05, 4.69) is 34.9 Å². The summed E-state index contributed by atoms with van der Waals surface area (Å²) in [7, 11) is -3.77. The van der Waals surface area contributed by atoms with Gasteiger partial charge in [-0.2, -0.15) is 0 Å². The molecule has 1 aliphatic heterocycles. The Kier molecular flexibility index (Phi) is 7.33. The summed E-state index contributed by atoms with van der Waals surface area (Å²) < 4.78 is 28.6. The van der Waals surface area contributed by atoms with Gasteiger partial charge in [-0.3, -0.25) is 9.69 Å². The molecule has 1 saturated heterocycles. The van der Waals surface area contributed by atoms with Crippen LogP contribution in [0.2, 0.25) is 0 Å². The van der Waals surface area contributed by atoms with Crippen molar-refractivity contribution in [3.05, 3.63) is 33.0 Å². The van der Waals surface area contributed by atoms with Gasteiger partial charge in [-0.25, -0.2) is 8.42 Å². The minimum Gasteiger partial charge on any atom is -0.423 e. The SMILES string of the molecule is CCC(C)N1CC(S(=O)(=O)[N-]C(=O)Nc2c3c(cc4c2CCC4)CCC3)C1.[K+]. The van der Waals surface area contributed by atoms with Crippen molar-refractivity contribution >= 4 is 21.7 Å². The fraction of sp³-hybridized carbons (Fsp3) is 0.650. The van der Waals surface area contributed by atoms with E-state index in [1.165, 1.54) is 22.3 Å². The molecule has 1 aromatic rings. The summed E-state index contributed by atoms with van der Waals surface area (Å²) in [6.07, 6.45) is 7.11. The maximum Gasteiger partial charge on any atom is 1.00 e. The Morgan fingerprint density at radius 2 is 1.75 bits per heavy atom. The zero-order valence-corrected chi connectivity index (χ0v) is 21.1. The number of nitrogens with one attached hydrogen (secondary N) is 1. The quantitative estimate of drug-likeness (QED) is 0.687. The number of carbonyl (C=O) groups is 1. The summed E-state index contributed by atoms with van der Waals surface area (Å²) in [4.78, 5) is 14.6. The van der Waals surface area contributed by atoms with Gasteiger partial charge < -0.3 is 10.0 Å². The number of anilines is 1. The zero-order chi connectivity index (χ0) is 19.2. The van der Waals surface area contributed by atoms with Gasteiger partial charge in [0.15, 0.2) is 16.1 Å². The van der Waals surface area contributed by atoms with E-state index in [1.807, 2.05) is 0 Å². The molecule has 1 atom stereocenters. The van der Waals surface area contributed by atoms with E-state index in [0.717, 1.165) is 50.6 Å². The van der Waals surface area contributed by atoms with Gasteiger partial charge in [-0.1, -0.05) is 13.0 Å². The molecule has 0 saturated carbocycles. The number of hydrogen-bond donors (Lipinski definition) is 1. The Labute approximate surface area is 210 Å². The second-order valence-corrected chi connectivity index (χ2v) is 9.98. The normalized spacial score (nSPS) is 19.9. The molecule has 1 fully saturated rings. The second kappa shape index (κ2) is 9.04. The molecular formula is C20H28KN3O3S. The van der Waals surface area contributed by atoms with Crippen molar-refractivity contribution in [1.29, 1.82) is 0 Å². The van der Waals surface area contributed by atoms with E-state index in [-0.39, 0.29) is 51.4 Å². The number of fused-ring (bicyclic) bond motifs is 2. The molecule has 1 heterocycles. The van der Waals surface area contributed by atoms with Crippen LogP contribution < -0.4 is 56.7 Å². The van der Waals surface area contributed by atoms with Crippen LogP contribution in [0.3, 0.4) is 0 Å². The van der Waals surface area contributed by atoms with E-state index in [1.54, 1.807) is 0 Å². The smallest absolute Gasteiger partial charge is 0.423 e. The van der Waals surface area contributed by atoms with Crippen LogP contribution >= 0.6 is 0 Å². The molecule has 8 heteroatoms. The van der Waals surface area contributed by atoms with Crippen molar-refractivity contribution in [1.82, 2.24) is 4.90 Å². The van der Waals surface area contributed by atoms with E-state index >= 15 is 0 Å². The van der Waals surface area contributed by atoms with Crippen molar-refractivity contribution in [2.24, 2.45) is 0 Å². The number of amides is 2. The van der Waals surface area contributed by atoms with Gasteiger partial charge in [0.05, 0.1) is 5.25 Å². The molecule has 1 unspecified atom stereocenters. The van der Waals surface area contributed by atoms with Crippen LogP contribution in [-0.4, -0.2) is 43.7 Å². The van der Waals surface area contributed by atoms with Gasteiger partial charge in [-0.05, 0) is 79.8 Å². The Morgan fingerprint density at radius 3 is 2.29 bits per heavy atom. The first-order valence-electron chi connectivity index (χ1n) is 10.1. The predicted octanol–water partition coefficient (Wildman–Crippen LogP) is 0.386. The monoisotopic (exact) mass is 429 g/mol. The first-order chi connectivity index (χ1) is 12.9. The van der Waals surface area contributed by atoms with E-state index in [9.17, 15) is 13.2 Å². The summed E-state index contributed by atoms with van der Waals surface area (Å²) in [5, 5.41) is 2.28. The standard InChI is InChI=1S/C20H29N3O3S.K/c1-3-13(2)23-11-16(12-23)27(25,26)22-20(24)21-19-17-8-4-6-14(17)10-15-7-5-9-18(15)19;/h10,13,16H,3-9,11-12H2,1-2H3,(H2,21,22,24);/q;+1/p-1. The number of rotatable bonds is 5. The molecule has 0 aromatic heterocycles. The molecule has 148 valence electrons. The van der Waals surface area contributed by atoms with Crippen LogP contribution in [0.15, 0.2) is 6.07 Å². The Hall–Kier alpha value is 0.0364. The number of sulfonamides is 1.